The highest BCUT2D eigenvalue weighted by molar-refractivity contribution is 5.04. The number of aromatic nitrogens is 1. The van der Waals surface area contributed by atoms with Crippen LogP contribution in [0.25, 0.3) is 0 Å². The summed E-state index contributed by atoms with van der Waals surface area (Å²) in [6.45, 7) is 7.37. The van der Waals surface area contributed by atoms with Crippen molar-refractivity contribution >= 4 is 0 Å². The lowest BCUT2D eigenvalue weighted by Crippen LogP contribution is -2.56. The Morgan fingerprint density at radius 3 is 3.05 bits per heavy atom. The third-order valence-corrected chi connectivity index (χ3v) is 4.76. The van der Waals surface area contributed by atoms with E-state index in [-0.39, 0.29) is 0 Å². The molecule has 19 heavy (non-hydrogen) atoms. The van der Waals surface area contributed by atoms with E-state index in [9.17, 15) is 0 Å². The second kappa shape index (κ2) is 6.02. The summed E-state index contributed by atoms with van der Waals surface area (Å²) < 4.78 is 0. The SMILES string of the molecule is CCC1CN2CCCC2CN1CCc1ccccn1. The Labute approximate surface area is 116 Å². The number of pyridine rings is 1. The minimum absolute atomic E-state index is 0.748. The number of hydrogen-bond acceptors (Lipinski definition) is 3. The van der Waals surface area contributed by atoms with E-state index in [1.165, 1.54) is 51.1 Å². The fraction of sp³-hybridized carbons (Fsp3) is 0.688. The molecule has 104 valence electrons. The molecule has 2 saturated heterocycles. The molecule has 1 aromatic rings. The molecule has 0 aromatic carbocycles. The molecule has 3 heterocycles. The number of hydrogen-bond donors (Lipinski definition) is 0. The monoisotopic (exact) mass is 259 g/mol. The Hall–Kier alpha value is -0.930. The van der Waals surface area contributed by atoms with E-state index in [1.807, 2.05) is 12.3 Å². The topological polar surface area (TPSA) is 19.4 Å². The van der Waals surface area contributed by atoms with E-state index in [4.69, 9.17) is 0 Å². The molecule has 3 heteroatoms. The average Bonchev–Trinajstić information content (AvgIpc) is 2.92. The molecule has 0 aliphatic carbocycles. The maximum Gasteiger partial charge on any atom is 0.0416 e. The van der Waals surface area contributed by atoms with Gasteiger partial charge < -0.3 is 0 Å². The quantitative estimate of drug-likeness (QED) is 0.826. The second-order valence-electron chi connectivity index (χ2n) is 5.92. The van der Waals surface area contributed by atoms with Crippen LogP contribution in [-0.4, -0.2) is 53.0 Å². The molecule has 0 bridgehead atoms. The average molecular weight is 259 g/mol. The summed E-state index contributed by atoms with van der Waals surface area (Å²) in [4.78, 5) is 9.87. The maximum atomic E-state index is 4.44. The zero-order chi connectivity index (χ0) is 13.1. The van der Waals surface area contributed by atoms with Crippen LogP contribution in [0.5, 0.6) is 0 Å². The Morgan fingerprint density at radius 2 is 2.26 bits per heavy atom. The van der Waals surface area contributed by atoms with Gasteiger partial charge in [-0.1, -0.05) is 13.0 Å². The van der Waals surface area contributed by atoms with Crippen molar-refractivity contribution in [1.29, 1.82) is 0 Å². The van der Waals surface area contributed by atoms with Crippen LogP contribution in [0.15, 0.2) is 24.4 Å². The molecule has 2 atom stereocenters. The lowest BCUT2D eigenvalue weighted by atomic mass is 10.0. The molecule has 3 nitrogen and oxygen atoms in total. The van der Waals surface area contributed by atoms with Gasteiger partial charge in [0.2, 0.25) is 0 Å². The van der Waals surface area contributed by atoms with Gasteiger partial charge in [0, 0.05) is 50.0 Å². The van der Waals surface area contributed by atoms with Gasteiger partial charge >= 0.3 is 0 Å². The van der Waals surface area contributed by atoms with Crippen molar-refractivity contribution in [3.8, 4) is 0 Å². The number of fused-ring (bicyclic) bond motifs is 1. The van der Waals surface area contributed by atoms with Crippen molar-refractivity contribution < 1.29 is 0 Å². The minimum atomic E-state index is 0.748. The number of piperazine rings is 1. The summed E-state index contributed by atoms with van der Waals surface area (Å²) >= 11 is 0. The molecule has 2 aliphatic rings. The first-order valence-electron chi connectivity index (χ1n) is 7.75. The number of rotatable bonds is 4. The van der Waals surface area contributed by atoms with Gasteiger partial charge in [0.15, 0.2) is 0 Å². The summed E-state index contributed by atoms with van der Waals surface area (Å²) in [7, 11) is 0. The summed E-state index contributed by atoms with van der Waals surface area (Å²) in [5.41, 5.74) is 1.23. The van der Waals surface area contributed by atoms with Gasteiger partial charge in [0.05, 0.1) is 0 Å². The van der Waals surface area contributed by atoms with Crippen LogP contribution in [0.2, 0.25) is 0 Å². The predicted molar refractivity (Wildman–Crippen MR) is 78.2 cm³/mol. The highest BCUT2D eigenvalue weighted by Crippen LogP contribution is 2.25. The van der Waals surface area contributed by atoms with Crippen molar-refractivity contribution in [2.75, 3.05) is 26.2 Å². The highest BCUT2D eigenvalue weighted by Gasteiger charge is 2.34. The zero-order valence-electron chi connectivity index (χ0n) is 12.0. The minimum Gasteiger partial charge on any atom is -0.298 e. The van der Waals surface area contributed by atoms with Gasteiger partial charge in [0.1, 0.15) is 0 Å². The van der Waals surface area contributed by atoms with E-state index in [1.54, 1.807) is 0 Å². The first-order chi connectivity index (χ1) is 9.36. The van der Waals surface area contributed by atoms with Crippen molar-refractivity contribution in [2.45, 2.75) is 44.7 Å². The van der Waals surface area contributed by atoms with Crippen LogP contribution in [0.4, 0.5) is 0 Å². The first kappa shape index (κ1) is 13.1. The van der Waals surface area contributed by atoms with E-state index < -0.39 is 0 Å². The molecule has 0 amide bonds. The molecular formula is C16H25N3. The van der Waals surface area contributed by atoms with Crippen molar-refractivity contribution in [1.82, 2.24) is 14.8 Å². The van der Waals surface area contributed by atoms with E-state index in [0.717, 1.165) is 18.5 Å². The Morgan fingerprint density at radius 1 is 1.32 bits per heavy atom. The summed E-state index contributed by atoms with van der Waals surface area (Å²) in [5.74, 6) is 0. The zero-order valence-corrected chi connectivity index (χ0v) is 12.0. The highest BCUT2D eigenvalue weighted by atomic mass is 15.3. The van der Waals surface area contributed by atoms with Crippen molar-refractivity contribution in [3.63, 3.8) is 0 Å². The fourth-order valence-electron chi connectivity index (χ4n) is 3.61. The van der Waals surface area contributed by atoms with Crippen molar-refractivity contribution in [3.05, 3.63) is 30.1 Å². The van der Waals surface area contributed by atoms with E-state index in [2.05, 4.69) is 33.8 Å². The van der Waals surface area contributed by atoms with Crippen LogP contribution < -0.4 is 0 Å². The second-order valence-corrected chi connectivity index (χ2v) is 5.92. The van der Waals surface area contributed by atoms with Gasteiger partial charge in [-0.25, -0.2) is 0 Å². The summed E-state index contributed by atoms with van der Waals surface area (Å²) in [5, 5.41) is 0. The molecule has 2 fully saturated rings. The smallest absolute Gasteiger partial charge is 0.0416 e. The molecule has 1 aromatic heterocycles. The van der Waals surface area contributed by atoms with Crippen molar-refractivity contribution in [2.24, 2.45) is 0 Å². The molecule has 2 unspecified atom stereocenters. The molecule has 0 saturated carbocycles. The van der Waals surface area contributed by atoms with E-state index in [0.29, 0.717) is 0 Å². The molecular weight excluding hydrogens is 234 g/mol. The molecule has 0 spiro atoms. The lowest BCUT2D eigenvalue weighted by molar-refractivity contribution is 0.0500. The molecule has 2 aliphatic heterocycles. The van der Waals surface area contributed by atoms with Gasteiger partial charge in [-0.3, -0.25) is 14.8 Å². The van der Waals surface area contributed by atoms with Crippen LogP contribution in [-0.2, 0) is 6.42 Å². The van der Waals surface area contributed by atoms with Crippen LogP contribution in [0.1, 0.15) is 31.9 Å². The Balaban J connectivity index is 1.59. The first-order valence-corrected chi connectivity index (χ1v) is 7.75. The third-order valence-electron chi connectivity index (χ3n) is 4.76. The van der Waals surface area contributed by atoms with Gasteiger partial charge in [-0.05, 0) is 37.9 Å². The Kier molecular flexibility index (Phi) is 4.14. The fourth-order valence-corrected chi connectivity index (χ4v) is 3.61. The maximum absolute atomic E-state index is 4.44. The molecule has 0 radical (unpaired) electrons. The lowest BCUT2D eigenvalue weighted by Gasteiger charge is -2.43. The normalized spacial score (nSPS) is 28.5. The van der Waals surface area contributed by atoms with E-state index >= 15 is 0 Å². The van der Waals surface area contributed by atoms with Gasteiger partial charge in [-0.2, -0.15) is 0 Å². The predicted octanol–water partition coefficient (Wildman–Crippen LogP) is 2.18. The van der Waals surface area contributed by atoms with Gasteiger partial charge in [-0.15, -0.1) is 0 Å². The summed E-state index contributed by atoms with van der Waals surface area (Å²) in [6.07, 6.45) is 7.06. The molecule has 3 rings (SSSR count). The van der Waals surface area contributed by atoms with Crippen LogP contribution in [0.3, 0.4) is 0 Å². The van der Waals surface area contributed by atoms with Gasteiger partial charge in [0.25, 0.3) is 0 Å². The standard InChI is InChI=1S/C16H25N3/c1-2-15-12-18-10-5-7-16(18)13-19(15)11-8-14-6-3-4-9-17-14/h3-4,6,9,15-16H,2,5,7-8,10-13H2,1H3. The Bertz CT molecular complexity index is 392. The van der Waals surface area contributed by atoms with Crippen LogP contribution >= 0.6 is 0 Å². The number of nitrogens with zero attached hydrogens (tertiary/aromatic N) is 3. The van der Waals surface area contributed by atoms with Crippen LogP contribution in [0, 0.1) is 0 Å². The molecule has 0 N–H and O–H groups in total. The summed E-state index contributed by atoms with van der Waals surface area (Å²) in [6, 6.07) is 7.81. The third kappa shape index (κ3) is 2.98. The largest absolute Gasteiger partial charge is 0.298 e.